The van der Waals surface area contributed by atoms with Crippen molar-refractivity contribution < 1.29 is 9.32 Å². The van der Waals surface area contributed by atoms with Gasteiger partial charge < -0.3 is 9.84 Å². The Bertz CT molecular complexity index is 476. The number of amides is 1. The molecule has 2 heterocycles. The third-order valence-corrected chi connectivity index (χ3v) is 3.23. The summed E-state index contributed by atoms with van der Waals surface area (Å²) in [5, 5.41) is 8.51. The molecule has 0 aromatic carbocycles. The predicted molar refractivity (Wildman–Crippen MR) is 61.4 cm³/mol. The minimum absolute atomic E-state index is 0.00972. The van der Waals surface area contributed by atoms with Gasteiger partial charge in [0.25, 0.3) is 5.91 Å². The van der Waals surface area contributed by atoms with Crippen LogP contribution in [0.5, 0.6) is 0 Å². The van der Waals surface area contributed by atoms with Crippen LogP contribution in [-0.2, 0) is 0 Å². The maximum atomic E-state index is 11.7. The molecule has 1 amide bonds. The van der Waals surface area contributed by atoms with Crippen molar-refractivity contribution in [1.29, 1.82) is 0 Å². The van der Waals surface area contributed by atoms with Crippen LogP contribution in [0.4, 0.5) is 0 Å². The van der Waals surface area contributed by atoms with Crippen LogP contribution < -0.4 is 5.32 Å². The van der Waals surface area contributed by atoms with Gasteiger partial charge >= 0.3 is 0 Å². The lowest BCUT2D eigenvalue weighted by atomic mass is 10.2. The van der Waals surface area contributed by atoms with Crippen LogP contribution in [0.3, 0.4) is 0 Å². The molecule has 0 saturated carbocycles. The minimum atomic E-state index is -0.210. The standard InChI is InChI=1S/C11H12N2O2S/c1-7-6-9(13-15-7)11(14)12-8(2)10-4-3-5-16-10/h3-6,8H,1-2H3,(H,12,14)/t8-/m1/s1. The number of nitrogens with zero attached hydrogens (tertiary/aromatic N) is 1. The number of hydrogen-bond acceptors (Lipinski definition) is 4. The number of hydrogen-bond donors (Lipinski definition) is 1. The van der Waals surface area contributed by atoms with Gasteiger partial charge in [-0.3, -0.25) is 4.79 Å². The average molecular weight is 236 g/mol. The Morgan fingerprint density at radius 2 is 2.44 bits per heavy atom. The zero-order valence-corrected chi connectivity index (χ0v) is 9.88. The molecule has 5 heteroatoms. The van der Waals surface area contributed by atoms with Crippen molar-refractivity contribution in [3.8, 4) is 0 Å². The summed E-state index contributed by atoms with van der Waals surface area (Å²) in [6.07, 6.45) is 0. The topological polar surface area (TPSA) is 55.1 Å². The lowest BCUT2D eigenvalue weighted by molar-refractivity contribution is 0.0931. The Hall–Kier alpha value is -1.62. The molecular weight excluding hydrogens is 224 g/mol. The van der Waals surface area contributed by atoms with Gasteiger partial charge in [0.15, 0.2) is 5.69 Å². The number of nitrogens with one attached hydrogen (secondary N) is 1. The molecule has 4 nitrogen and oxygen atoms in total. The van der Waals surface area contributed by atoms with Gasteiger partial charge in [0, 0.05) is 10.9 Å². The zero-order valence-electron chi connectivity index (χ0n) is 9.06. The number of thiophene rings is 1. The lowest BCUT2D eigenvalue weighted by Gasteiger charge is -2.10. The molecule has 2 rings (SSSR count). The zero-order chi connectivity index (χ0) is 11.5. The average Bonchev–Trinajstić information content (AvgIpc) is 2.87. The second kappa shape index (κ2) is 4.49. The third kappa shape index (κ3) is 2.30. The second-order valence-electron chi connectivity index (χ2n) is 3.53. The Labute approximate surface area is 97.3 Å². The Morgan fingerprint density at radius 3 is 3.00 bits per heavy atom. The van der Waals surface area contributed by atoms with Crippen LogP contribution in [0.25, 0.3) is 0 Å². The largest absolute Gasteiger partial charge is 0.361 e. The van der Waals surface area contributed by atoms with Crippen molar-refractivity contribution in [2.45, 2.75) is 19.9 Å². The normalized spacial score (nSPS) is 12.4. The third-order valence-electron chi connectivity index (χ3n) is 2.18. The Morgan fingerprint density at radius 1 is 1.62 bits per heavy atom. The van der Waals surface area contributed by atoms with E-state index in [4.69, 9.17) is 4.52 Å². The Kier molecular flexibility index (Phi) is 3.05. The van der Waals surface area contributed by atoms with Gasteiger partial charge in [-0.2, -0.15) is 0 Å². The molecule has 0 bridgehead atoms. The quantitative estimate of drug-likeness (QED) is 0.891. The van der Waals surface area contributed by atoms with Gasteiger partial charge in [0.05, 0.1) is 6.04 Å². The van der Waals surface area contributed by atoms with E-state index in [1.54, 1.807) is 24.3 Å². The summed E-state index contributed by atoms with van der Waals surface area (Å²) < 4.78 is 4.85. The summed E-state index contributed by atoms with van der Waals surface area (Å²) in [5.74, 6) is 0.423. The second-order valence-corrected chi connectivity index (χ2v) is 4.51. The minimum Gasteiger partial charge on any atom is -0.361 e. The van der Waals surface area contributed by atoms with E-state index in [0.29, 0.717) is 11.5 Å². The summed E-state index contributed by atoms with van der Waals surface area (Å²) in [6, 6.07) is 5.56. The number of carbonyl (C=O) groups is 1. The van der Waals surface area contributed by atoms with Crippen LogP contribution in [0.1, 0.15) is 34.1 Å². The predicted octanol–water partition coefficient (Wildman–Crippen LogP) is 2.54. The molecule has 1 atom stereocenters. The van der Waals surface area contributed by atoms with Gasteiger partial charge in [0.2, 0.25) is 0 Å². The van der Waals surface area contributed by atoms with E-state index in [-0.39, 0.29) is 11.9 Å². The van der Waals surface area contributed by atoms with Crippen LogP contribution in [0.2, 0.25) is 0 Å². The molecule has 0 radical (unpaired) electrons. The molecule has 0 saturated heterocycles. The van der Waals surface area contributed by atoms with E-state index in [2.05, 4.69) is 10.5 Å². The molecule has 0 aliphatic carbocycles. The van der Waals surface area contributed by atoms with Crippen molar-refractivity contribution in [2.24, 2.45) is 0 Å². The maximum Gasteiger partial charge on any atom is 0.273 e. The molecule has 1 N–H and O–H groups in total. The molecule has 2 aromatic rings. The SMILES string of the molecule is Cc1cc(C(=O)N[C@H](C)c2cccs2)no1. The molecule has 16 heavy (non-hydrogen) atoms. The molecule has 0 unspecified atom stereocenters. The van der Waals surface area contributed by atoms with E-state index in [1.807, 2.05) is 24.4 Å². The van der Waals surface area contributed by atoms with Gasteiger partial charge in [0.1, 0.15) is 5.76 Å². The molecule has 0 aliphatic heterocycles. The molecule has 84 valence electrons. The van der Waals surface area contributed by atoms with E-state index in [9.17, 15) is 4.79 Å². The van der Waals surface area contributed by atoms with Crippen molar-refractivity contribution in [3.05, 3.63) is 39.9 Å². The van der Waals surface area contributed by atoms with Gasteiger partial charge in [-0.05, 0) is 25.3 Å². The lowest BCUT2D eigenvalue weighted by Crippen LogP contribution is -2.26. The fourth-order valence-corrected chi connectivity index (χ4v) is 2.09. The monoisotopic (exact) mass is 236 g/mol. The number of aryl methyl sites for hydroxylation is 1. The molecule has 0 fully saturated rings. The number of carbonyl (C=O) groups excluding carboxylic acids is 1. The van der Waals surface area contributed by atoms with Crippen LogP contribution in [-0.4, -0.2) is 11.1 Å². The summed E-state index contributed by atoms with van der Waals surface area (Å²) in [4.78, 5) is 12.9. The van der Waals surface area contributed by atoms with Crippen molar-refractivity contribution >= 4 is 17.2 Å². The fourth-order valence-electron chi connectivity index (χ4n) is 1.35. The first-order chi connectivity index (χ1) is 7.66. The van der Waals surface area contributed by atoms with Crippen molar-refractivity contribution in [3.63, 3.8) is 0 Å². The van der Waals surface area contributed by atoms with Crippen molar-refractivity contribution in [2.75, 3.05) is 0 Å². The number of rotatable bonds is 3. The van der Waals surface area contributed by atoms with E-state index < -0.39 is 0 Å². The van der Waals surface area contributed by atoms with Gasteiger partial charge in [-0.15, -0.1) is 11.3 Å². The molecule has 2 aromatic heterocycles. The fraction of sp³-hybridized carbons (Fsp3) is 0.273. The maximum absolute atomic E-state index is 11.7. The summed E-state index contributed by atoms with van der Waals surface area (Å²) in [6.45, 7) is 3.70. The highest BCUT2D eigenvalue weighted by Crippen LogP contribution is 2.18. The van der Waals surface area contributed by atoms with E-state index >= 15 is 0 Å². The van der Waals surface area contributed by atoms with Crippen LogP contribution in [0, 0.1) is 6.92 Å². The van der Waals surface area contributed by atoms with Gasteiger partial charge in [-0.25, -0.2) is 0 Å². The van der Waals surface area contributed by atoms with Crippen LogP contribution >= 0.6 is 11.3 Å². The van der Waals surface area contributed by atoms with E-state index in [0.717, 1.165) is 4.88 Å². The molecule has 0 spiro atoms. The van der Waals surface area contributed by atoms with Crippen molar-refractivity contribution in [1.82, 2.24) is 10.5 Å². The van der Waals surface area contributed by atoms with Gasteiger partial charge in [-0.1, -0.05) is 11.2 Å². The first-order valence-corrected chi connectivity index (χ1v) is 5.82. The smallest absolute Gasteiger partial charge is 0.273 e. The van der Waals surface area contributed by atoms with E-state index in [1.165, 1.54) is 0 Å². The first-order valence-electron chi connectivity index (χ1n) is 4.94. The molecule has 0 aliphatic rings. The Balaban J connectivity index is 2.03. The highest BCUT2D eigenvalue weighted by Gasteiger charge is 2.14. The highest BCUT2D eigenvalue weighted by atomic mass is 32.1. The number of aromatic nitrogens is 1. The first kappa shape index (κ1) is 10.9. The summed E-state index contributed by atoms with van der Waals surface area (Å²) >= 11 is 1.61. The highest BCUT2D eigenvalue weighted by molar-refractivity contribution is 7.10. The molecular formula is C11H12N2O2S. The summed E-state index contributed by atoms with van der Waals surface area (Å²) in [7, 11) is 0. The summed E-state index contributed by atoms with van der Waals surface area (Å²) in [5.41, 5.74) is 0.320. The van der Waals surface area contributed by atoms with Crippen LogP contribution in [0.15, 0.2) is 28.1 Å².